The molecule has 0 fully saturated rings. The average Bonchev–Trinajstić information content (AvgIpc) is 3.22. The molecule has 0 aliphatic carbocycles. The summed E-state index contributed by atoms with van der Waals surface area (Å²) in [4.78, 5) is 33.8. The standard InChI is InChI=1S/C24H25N3O3S/c1-4-21-24(29)27(14-23(28)26(3)13-17-8-6-5-7-9-17)20-12-18(10-11-22(20)30-21)19-15-31-16(2)25-19/h5-12,15,21H,4,13-14H2,1-3H3. The van der Waals surface area contributed by atoms with Crippen molar-refractivity contribution in [1.82, 2.24) is 9.88 Å². The average molecular weight is 436 g/mol. The fourth-order valence-electron chi connectivity index (χ4n) is 3.60. The van der Waals surface area contributed by atoms with Crippen molar-refractivity contribution in [3.8, 4) is 17.0 Å². The number of carbonyl (C=O) groups is 2. The van der Waals surface area contributed by atoms with Crippen LogP contribution in [-0.2, 0) is 16.1 Å². The number of benzene rings is 2. The van der Waals surface area contributed by atoms with Crippen LogP contribution in [-0.4, -0.2) is 41.4 Å². The predicted octanol–water partition coefficient (Wildman–Crippen LogP) is 4.28. The third-order valence-corrected chi connectivity index (χ3v) is 6.10. The normalized spacial score (nSPS) is 15.4. The van der Waals surface area contributed by atoms with Crippen molar-refractivity contribution in [2.45, 2.75) is 32.9 Å². The van der Waals surface area contributed by atoms with Crippen molar-refractivity contribution in [2.24, 2.45) is 0 Å². The summed E-state index contributed by atoms with van der Waals surface area (Å²) in [5, 5.41) is 2.96. The Morgan fingerprint density at radius 1 is 1.23 bits per heavy atom. The number of rotatable bonds is 6. The van der Waals surface area contributed by atoms with Crippen LogP contribution < -0.4 is 9.64 Å². The molecule has 0 saturated heterocycles. The summed E-state index contributed by atoms with van der Waals surface area (Å²) in [6, 6.07) is 15.5. The summed E-state index contributed by atoms with van der Waals surface area (Å²) in [6.07, 6.45) is -0.0531. The molecule has 4 rings (SSSR count). The van der Waals surface area contributed by atoms with Crippen LogP contribution in [0.5, 0.6) is 5.75 Å². The van der Waals surface area contributed by atoms with Gasteiger partial charge in [-0.3, -0.25) is 14.5 Å². The van der Waals surface area contributed by atoms with Gasteiger partial charge in [0.15, 0.2) is 6.10 Å². The van der Waals surface area contributed by atoms with Crippen LogP contribution in [0.25, 0.3) is 11.3 Å². The van der Waals surface area contributed by atoms with Crippen LogP contribution in [0.15, 0.2) is 53.9 Å². The van der Waals surface area contributed by atoms with E-state index in [0.717, 1.165) is 21.8 Å². The summed E-state index contributed by atoms with van der Waals surface area (Å²) in [5.74, 6) is 0.290. The maximum absolute atomic E-state index is 13.1. The quantitative estimate of drug-likeness (QED) is 0.580. The zero-order chi connectivity index (χ0) is 22.0. The van der Waals surface area contributed by atoms with E-state index in [2.05, 4.69) is 4.98 Å². The number of nitrogens with zero attached hydrogens (tertiary/aromatic N) is 3. The highest BCUT2D eigenvalue weighted by molar-refractivity contribution is 7.09. The number of ether oxygens (including phenoxy) is 1. The molecule has 160 valence electrons. The Hall–Kier alpha value is -3.19. The number of aryl methyl sites for hydroxylation is 1. The molecule has 1 unspecified atom stereocenters. The Morgan fingerprint density at radius 3 is 2.68 bits per heavy atom. The molecule has 6 nitrogen and oxygen atoms in total. The molecule has 1 aliphatic rings. The van der Waals surface area contributed by atoms with Crippen molar-refractivity contribution in [3.05, 3.63) is 64.5 Å². The zero-order valence-electron chi connectivity index (χ0n) is 17.9. The predicted molar refractivity (Wildman–Crippen MR) is 122 cm³/mol. The first-order chi connectivity index (χ1) is 15.0. The highest BCUT2D eigenvalue weighted by Gasteiger charge is 2.35. The number of aromatic nitrogens is 1. The van der Waals surface area contributed by atoms with Crippen LogP contribution in [0.4, 0.5) is 5.69 Å². The van der Waals surface area contributed by atoms with Crippen LogP contribution in [0.3, 0.4) is 0 Å². The Kier molecular flexibility index (Phi) is 6.04. The van der Waals surface area contributed by atoms with Crippen molar-refractivity contribution >= 4 is 28.8 Å². The summed E-state index contributed by atoms with van der Waals surface area (Å²) < 4.78 is 5.92. The molecule has 1 aliphatic heterocycles. The number of hydrogen-bond donors (Lipinski definition) is 0. The van der Waals surface area contributed by atoms with Gasteiger partial charge in [-0.1, -0.05) is 37.3 Å². The Bertz CT molecular complexity index is 1100. The van der Waals surface area contributed by atoms with Gasteiger partial charge in [0.05, 0.1) is 16.4 Å². The number of thiazole rings is 1. The number of hydrogen-bond acceptors (Lipinski definition) is 5. The van der Waals surface area contributed by atoms with E-state index in [9.17, 15) is 9.59 Å². The lowest BCUT2D eigenvalue weighted by Gasteiger charge is -2.34. The monoisotopic (exact) mass is 435 g/mol. The molecule has 2 aromatic carbocycles. The zero-order valence-corrected chi connectivity index (χ0v) is 18.7. The van der Waals surface area contributed by atoms with Gasteiger partial charge in [-0.2, -0.15) is 0 Å². The van der Waals surface area contributed by atoms with E-state index in [-0.39, 0.29) is 18.4 Å². The van der Waals surface area contributed by atoms with Crippen LogP contribution in [0, 0.1) is 6.92 Å². The molecule has 31 heavy (non-hydrogen) atoms. The lowest BCUT2D eigenvalue weighted by Crippen LogP contribution is -2.49. The smallest absolute Gasteiger partial charge is 0.268 e. The fraction of sp³-hybridized carbons (Fsp3) is 0.292. The maximum Gasteiger partial charge on any atom is 0.268 e. The minimum absolute atomic E-state index is 0.0332. The highest BCUT2D eigenvalue weighted by atomic mass is 32.1. The van der Waals surface area contributed by atoms with E-state index in [1.807, 2.05) is 67.8 Å². The first kappa shape index (κ1) is 21.1. The fourth-order valence-corrected chi connectivity index (χ4v) is 4.22. The summed E-state index contributed by atoms with van der Waals surface area (Å²) >= 11 is 1.57. The molecule has 3 aromatic rings. The minimum Gasteiger partial charge on any atom is -0.478 e. The van der Waals surface area contributed by atoms with E-state index < -0.39 is 6.10 Å². The topological polar surface area (TPSA) is 62.7 Å². The molecule has 0 bridgehead atoms. The van der Waals surface area contributed by atoms with Gasteiger partial charge in [0.25, 0.3) is 5.91 Å². The summed E-state index contributed by atoms with van der Waals surface area (Å²) in [6.45, 7) is 4.31. The minimum atomic E-state index is -0.591. The molecule has 7 heteroatoms. The lowest BCUT2D eigenvalue weighted by molar-refractivity contribution is -0.133. The van der Waals surface area contributed by atoms with Gasteiger partial charge in [-0.15, -0.1) is 11.3 Å². The number of amides is 2. The summed E-state index contributed by atoms with van der Waals surface area (Å²) in [5.41, 5.74) is 3.39. The molecule has 2 heterocycles. The van der Waals surface area contributed by atoms with E-state index in [4.69, 9.17) is 4.74 Å². The lowest BCUT2D eigenvalue weighted by atomic mass is 10.1. The van der Waals surface area contributed by atoms with Crippen molar-refractivity contribution < 1.29 is 14.3 Å². The second-order valence-corrected chi connectivity index (χ2v) is 8.67. The highest BCUT2D eigenvalue weighted by Crippen LogP contribution is 2.38. The van der Waals surface area contributed by atoms with E-state index >= 15 is 0 Å². The van der Waals surface area contributed by atoms with E-state index in [1.54, 1.807) is 28.2 Å². The van der Waals surface area contributed by atoms with Gasteiger partial charge in [0.2, 0.25) is 5.91 Å². The molecule has 2 amide bonds. The summed E-state index contributed by atoms with van der Waals surface area (Å²) in [7, 11) is 1.76. The van der Waals surface area contributed by atoms with Crippen molar-refractivity contribution in [3.63, 3.8) is 0 Å². The van der Waals surface area contributed by atoms with E-state index in [0.29, 0.717) is 24.4 Å². The molecular formula is C24H25N3O3S. The SMILES string of the molecule is CCC1Oc2ccc(-c3csc(C)n3)cc2N(CC(=O)N(C)Cc2ccccc2)C1=O. The molecular weight excluding hydrogens is 410 g/mol. The third kappa shape index (κ3) is 4.46. The van der Waals surface area contributed by atoms with Gasteiger partial charge in [0.1, 0.15) is 12.3 Å². The molecule has 1 aromatic heterocycles. The number of likely N-dealkylation sites (N-methyl/N-ethyl adjacent to an activating group) is 1. The van der Waals surface area contributed by atoms with Gasteiger partial charge in [-0.05, 0) is 37.1 Å². The maximum atomic E-state index is 13.1. The van der Waals surface area contributed by atoms with Gasteiger partial charge < -0.3 is 9.64 Å². The molecule has 1 atom stereocenters. The third-order valence-electron chi connectivity index (χ3n) is 5.33. The van der Waals surface area contributed by atoms with Crippen molar-refractivity contribution in [1.29, 1.82) is 0 Å². The first-order valence-corrected chi connectivity index (χ1v) is 11.2. The van der Waals surface area contributed by atoms with Crippen molar-refractivity contribution in [2.75, 3.05) is 18.5 Å². The van der Waals surface area contributed by atoms with E-state index in [1.165, 1.54) is 0 Å². The number of carbonyl (C=O) groups excluding carboxylic acids is 2. The van der Waals surface area contributed by atoms with Crippen LogP contribution in [0.2, 0.25) is 0 Å². The van der Waals surface area contributed by atoms with Gasteiger partial charge >= 0.3 is 0 Å². The second-order valence-electron chi connectivity index (χ2n) is 7.61. The van der Waals surface area contributed by atoms with Crippen LogP contribution >= 0.6 is 11.3 Å². The van der Waals surface area contributed by atoms with Gasteiger partial charge in [-0.25, -0.2) is 4.98 Å². The van der Waals surface area contributed by atoms with Gasteiger partial charge in [0, 0.05) is 24.5 Å². The molecule has 0 saturated carbocycles. The molecule has 0 N–H and O–H groups in total. The Balaban J connectivity index is 1.61. The molecule has 0 radical (unpaired) electrons. The number of anilines is 1. The first-order valence-electron chi connectivity index (χ1n) is 10.3. The largest absolute Gasteiger partial charge is 0.478 e. The molecule has 0 spiro atoms. The Morgan fingerprint density at radius 2 is 2.00 bits per heavy atom. The van der Waals surface area contributed by atoms with Crippen LogP contribution in [0.1, 0.15) is 23.9 Å². The second kappa shape index (κ2) is 8.89. The number of fused-ring (bicyclic) bond motifs is 1. The Labute approximate surface area is 186 Å².